The van der Waals surface area contributed by atoms with Crippen molar-refractivity contribution < 1.29 is 9.53 Å². The van der Waals surface area contributed by atoms with Gasteiger partial charge in [-0.05, 0) is 19.1 Å². The van der Waals surface area contributed by atoms with Crippen LogP contribution in [0.4, 0.5) is 0 Å². The molecule has 1 aromatic carbocycles. The van der Waals surface area contributed by atoms with Crippen molar-refractivity contribution in [3.63, 3.8) is 0 Å². The summed E-state index contributed by atoms with van der Waals surface area (Å²) in [5.74, 6) is 4.78. The maximum absolute atomic E-state index is 11.1. The van der Waals surface area contributed by atoms with Gasteiger partial charge in [0.25, 0.3) is 5.91 Å². The monoisotopic (exact) mass is 248 g/mol. The van der Waals surface area contributed by atoms with Crippen LogP contribution in [-0.2, 0) is 4.79 Å². The van der Waals surface area contributed by atoms with Crippen LogP contribution in [0.15, 0.2) is 18.2 Å². The van der Waals surface area contributed by atoms with Gasteiger partial charge in [-0.15, -0.1) is 0 Å². The Kier molecular flexibility index (Phi) is 4.20. The number of nitrogens with two attached hydrogens (primary N) is 1. The second-order valence-corrected chi connectivity index (χ2v) is 3.63. The second-order valence-electron chi connectivity index (χ2n) is 2.82. The average Bonchev–Trinajstić information content (AvgIpc) is 2.22. The Hall–Kier alpha value is -0.970. The van der Waals surface area contributed by atoms with Gasteiger partial charge in [0.05, 0.1) is 10.0 Å². The van der Waals surface area contributed by atoms with E-state index in [-0.39, 0.29) is 5.75 Å². The molecule has 1 aromatic rings. The number of hydrazine groups is 1. The molecular weight excluding hydrogens is 239 g/mol. The van der Waals surface area contributed by atoms with E-state index in [1.807, 2.05) is 5.43 Å². The lowest BCUT2D eigenvalue weighted by Gasteiger charge is -2.14. The molecule has 82 valence electrons. The first kappa shape index (κ1) is 12.1. The van der Waals surface area contributed by atoms with Gasteiger partial charge in [0.15, 0.2) is 11.9 Å². The number of nitrogens with one attached hydrogen (secondary N) is 1. The molecule has 0 aromatic heterocycles. The molecule has 1 rings (SSSR count). The largest absolute Gasteiger partial charge is 0.478 e. The lowest BCUT2D eigenvalue weighted by atomic mass is 10.3. The highest BCUT2D eigenvalue weighted by molar-refractivity contribution is 6.37. The van der Waals surface area contributed by atoms with Crippen LogP contribution in [0, 0.1) is 0 Å². The first-order chi connectivity index (χ1) is 7.06. The Bertz CT molecular complexity index is 351. The Morgan fingerprint density at radius 1 is 1.47 bits per heavy atom. The van der Waals surface area contributed by atoms with E-state index < -0.39 is 12.0 Å². The van der Waals surface area contributed by atoms with Crippen molar-refractivity contribution in [3.8, 4) is 5.75 Å². The fraction of sp³-hybridized carbons (Fsp3) is 0.222. The molecule has 0 aliphatic carbocycles. The lowest BCUT2D eigenvalue weighted by molar-refractivity contribution is -0.127. The number of carbonyl (C=O) groups is 1. The van der Waals surface area contributed by atoms with Gasteiger partial charge in [0.1, 0.15) is 0 Å². The van der Waals surface area contributed by atoms with Crippen molar-refractivity contribution in [2.45, 2.75) is 13.0 Å². The third-order valence-corrected chi connectivity index (χ3v) is 2.32. The van der Waals surface area contributed by atoms with Crippen LogP contribution >= 0.6 is 23.2 Å². The fourth-order valence-electron chi connectivity index (χ4n) is 0.943. The minimum absolute atomic E-state index is 0.275. The molecule has 0 radical (unpaired) electrons. The van der Waals surface area contributed by atoms with E-state index in [9.17, 15) is 4.79 Å². The summed E-state index contributed by atoms with van der Waals surface area (Å²) >= 11 is 11.7. The van der Waals surface area contributed by atoms with Gasteiger partial charge >= 0.3 is 0 Å². The predicted octanol–water partition coefficient (Wildman–Crippen LogP) is 1.75. The van der Waals surface area contributed by atoms with Crippen LogP contribution in [0.5, 0.6) is 5.75 Å². The summed E-state index contributed by atoms with van der Waals surface area (Å²) in [6.07, 6.45) is -0.757. The second kappa shape index (κ2) is 5.21. The highest BCUT2D eigenvalue weighted by atomic mass is 35.5. The molecule has 0 saturated carbocycles. The third kappa shape index (κ3) is 2.99. The summed E-state index contributed by atoms with van der Waals surface area (Å²) in [7, 11) is 0. The number of halogens is 2. The van der Waals surface area contributed by atoms with Crippen LogP contribution in [0.25, 0.3) is 0 Å². The highest BCUT2D eigenvalue weighted by Gasteiger charge is 2.16. The number of ether oxygens (including phenoxy) is 1. The van der Waals surface area contributed by atoms with Crippen LogP contribution in [-0.4, -0.2) is 12.0 Å². The van der Waals surface area contributed by atoms with Crippen LogP contribution < -0.4 is 16.0 Å². The summed E-state index contributed by atoms with van der Waals surface area (Å²) < 4.78 is 5.27. The topological polar surface area (TPSA) is 64.3 Å². The summed E-state index contributed by atoms with van der Waals surface area (Å²) in [6.45, 7) is 1.54. The van der Waals surface area contributed by atoms with Crippen molar-refractivity contribution in [1.29, 1.82) is 0 Å². The number of rotatable bonds is 3. The minimum Gasteiger partial charge on any atom is -0.478 e. The summed E-state index contributed by atoms with van der Waals surface area (Å²) in [4.78, 5) is 11.1. The Labute approximate surface area is 97.3 Å². The minimum atomic E-state index is -0.757. The predicted molar refractivity (Wildman–Crippen MR) is 58.9 cm³/mol. The van der Waals surface area contributed by atoms with E-state index in [2.05, 4.69) is 0 Å². The molecule has 3 N–H and O–H groups in total. The smallest absolute Gasteiger partial charge is 0.274 e. The van der Waals surface area contributed by atoms with Gasteiger partial charge in [-0.25, -0.2) is 5.84 Å². The maximum Gasteiger partial charge on any atom is 0.274 e. The summed E-state index contributed by atoms with van der Waals surface area (Å²) in [5.41, 5.74) is 1.97. The van der Waals surface area contributed by atoms with E-state index in [4.69, 9.17) is 33.8 Å². The summed E-state index contributed by atoms with van der Waals surface area (Å²) in [5, 5.41) is 0.693. The van der Waals surface area contributed by atoms with Gasteiger partial charge in [0.2, 0.25) is 0 Å². The first-order valence-electron chi connectivity index (χ1n) is 4.17. The zero-order valence-corrected chi connectivity index (χ0v) is 9.47. The standard InChI is InChI=1S/C9H10Cl2N2O2/c1-5(9(14)13-12)15-8-6(10)3-2-4-7(8)11/h2-5H,12H2,1H3,(H,13,14)/t5-/m0/s1. The first-order valence-corrected chi connectivity index (χ1v) is 4.93. The molecular formula is C9H10Cl2N2O2. The molecule has 15 heavy (non-hydrogen) atoms. The van der Waals surface area contributed by atoms with E-state index in [1.54, 1.807) is 25.1 Å². The van der Waals surface area contributed by atoms with Crippen LogP contribution in [0.3, 0.4) is 0 Å². The van der Waals surface area contributed by atoms with E-state index >= 15 is 0 Å². The molecule has 0 heterocycles. The van der Waals surface area contributed by atoms with Crippen molar-refractivity contribution in [2.24, 2.45) is 5.84 Å². The molecule has 0 aliphatic heterocycles. The summed E-state index contributed by atoms with van der Waals surface area (Å²) in [6, 6.07) is 4.93. The normalized spacial score (nSPS) is 12.0. The van der Waals surface area contributed by atoms with E-state index in [0.29, 0.717) is 10.0 Å². The number of hydrogen-bond donors (Lipinski definition) is 2. The van der Waals surface area contributed by atoms with Gasteiger partial charge in [-0.2, -0.15) is 0 Å². The molecule has 0 spiro atoms. The Morgan fingerprint density at radius 3 is 2.47 bits per heavy atom. The SMILES string of the molecule is C[C@H](Oc1c(Cl)cccc1Cl)C(=O)NN. The Balaban J connectivity index is 2.85. The van der Waals surface area contributed by atoms with Gasteiger partial charge < -0.3 is 4.74 Å². The van der Waals surface area contributed by atoms with Crippen molar-refractivity contribution in [3.05, 3.63) is 28.2 Å². The molecule has 0 fully saturated rings. The van der Waals surface area contributed by atoms with Crippen LogP contribution in [0.1, 0.15) is 6.92 Å². The average molecular weight is 249 g/mol. The van der Waals surface area contributed by atoms with Gasteiger partial charge in [-0.3, -0.25) is 10.2 Å². The number of hydrogen-bond acceptors (Lipinski definition) is 3. The van der Waals surface area contributed by atoms with Gasteiger partial charge in [0, 0.05) is 0 Å². The number of carbonyl (C=O) groups excluding carboxylic acids is 1. The van der Waals surface area contributed by atoms with Gasteiger partial charge in [-0.1, -0.05) is 29.3 Å². The molecule has 4 nitrogen and oxygen atoms in total. The zero-order chi connectivity index (χ0) is 11.4. The van der Waals surface area contributed by atoms with Crippen molar-refractivity contribution in [1.82, 2.24) is 5.43 Å². The van der Waals surface area contributed by atoms with Crippen molar-refractivity contribution >= 4 is 29.1 Å². The van der Waals surface area contributed by atoms with Crippen molar-refractivity contribution in [2.75, 3.05) is 0 Å². The van der Waals surface area contributed by atoms with Crippen LogP contribution in [0.2, 0.25) is 10.0 Å². The molecule has 1 atom stereocenters. The molecule has 0 unspecified atom stereocenters. The molecule has 0 bridgehead atoms. The lowest BCUT2D eigenvalue weighted by Crippen LogP contribution is -2.40. The number of para-hydroxylation sites is 1. The van der Waals surface area contributed by atoms with E-state index in [1.165, 1.54) is 0 Å². The molecule has 1 amide bonds. The maximum atomic E-state index is 11.1. The third-order valence-electron chi connectivity index (χ3n) is 1.73. The zero-order valence-electron chi connectivity index (χ0n) is 7.96. The highest BCUT2D eigenvalue weighted by Crippen LogP contribution is 2.32. The quantitative estimate of drug-likeness (QED) is 0.487. The molecule has 0 aliphatic rings. The number of amides is 1. The van der Waals surface area contributed by atoms with E-state index in [0.717, 1.165) is 0 Å². The number of benzene rings is 1. The fourth-order valence-corrected chi connectivity index (χ4v) is 1.43. The molecule has 6 heteroatoms. The molecule has 0 saturated heterocycles. The Morgan fingerprint density at radius 2 is 2.00 bits per heavy atom.